The molecule has 1 aliphatic rings. The lowest BCUT2D eigenvalue weighted by atomic mass is 10.2. The third-order valence-corrected chi connectivity index (χ3v) is 3.21. The van der Waals surface area contributed by atoms with E-state index in [-0.39, 0.29) is 18.3 Å². The minimum atomic E-state index is -0.0180. The molecular formula is C14H22ClN3O. The van der Waals surface area contributed by atoms with E-state index >= 15 is 0 Å². The van der Waals surface area contributed by atoms with E-state index in [1.807, 2.05) is 24.3 Å². The Hall–Kier alpha value is -1.26. The Balaban J connectivity index is 0.00000180. The minimum Gasteiger partial charge on any atom is -0.382 e. The summed E-state index contributed by atoms with van der Waals surface area (Å²) in [5.74, 6) is -0.0180. The second kappa shape index (κ2) is 8.02. The molecule has 0 aliphatic heterocycles. The van der Waals surface area contributed by atoms with Gasteiger partial charge in [0.2, 0.25) is 5.91 Å². The first-order valence-electron chi connectivity index (χ1n) is 6.59. The number of benzene rings is 1. The lowest BCUT2D eigenvalue weighted by Gasteiger charge is -2.14. The van der Waals surface area contributed by atoms with Crippen LogP contribution in [0.4, 0.5) is 11.4 Å². The Morgan fingerprint density at radius 2 is 1.95 bits per heavy atom. The maximum atomic E-state index is 11.5. The van der Waals surface area contributed by atoms with Crippen molar-refractivity contribution in [2.45, 2.75) is 31.7 Å². The van der Waals surface area contributed by atoms with Crippen molar-refractivity contribution >= 4 is 29.7 Å². The van der Waals surface area contributed by atoms with Crippen molar-refractivity contribution in [3.63, 3.8) is 0 Å². The molecule has 2 rings (SSSR count). The minimum absolute atomic E-state index is 0. The summed E-state index contributed by atoms with van der Waals surface area (Å²) >= 11 is 0. The largest absolute Gasteiger partial charge is 0.382 e. The lowest BCUT2D eigenvalue weighted by molar-refractivity contribution is -0.115. The van der Waals surface area contributed by atoms with Crippen molar-refractivity contribution in [2.24, 2.45) is 0 Å². The Morgan fingerprint density at radius 1 is 1.26 bits per heavy atom. The van der Waals surface area contributed by atoms with Gasteiger partial charge in [-0.3, -0.25) is 4.79 Å². The summed E-state index contributed by atoms with van der Waals surface area (Å²) in [4.78, 5) is 11.5. The second-order valence-corrected chi connectivity index (χ2v) is 4.79. The molecule has 1 aromatic carbocycles. The number of anilines is 2. The van der Waals surface area contributed by atoms with Crippen LogP contribution in [0.5, 0.6) is 0 Å². The fourth-order valence-electron chi connectivity index (χ4n) is 2.36. The molecule has 1 aromatic rings. The van der Waals surface area contributed by atoms with Gasteiger partial charge in [0.1, 0.15) is 0 Å². The fourth-order valence-corrected chi connectivity index (χ4v) is 2.36. The molecule has 0 atom stereocenters. The highest BCUT2D eigenvalue weighted by atomic mass is 35.5. The van der Waals surface area contributed by atoms with E-state index in [0.29, 0.717) is 12.6 Å². The third-order valence-electron chi connectivity index (χ3n) is 3.21. The summed E-state index contributed by atoms with van der Waals surface area (Å²) < 4.78 is 0. The second-order valence-electron chi connectivity index (χ2n) is 4.79. The standard InChI is InChI=1S/C14H21N3O.ClH/c1-15-10-14(18)17-13-8-4-7-12(9-13)16-11-5-2-3-6-11;/h4,7-9,11,15-16H,2-3,5-6,10H2,1H3,(H,17,18);1H. The molecule has 0 unspecified atom stereocenters. The average molecular weight is 284 g/mol. The van der Waals surface area contributed by atoms with Crippen molar-refractivity contribution in [1.82, 2.24) is 5.32 Å². The van der Waals surface area contributed by atoms with Gasteiger partial charge in [0.15, 0.2) is 0 Å². The van der Waals surface area contributed by atoms with Crippen LogP contribution in [-0.4, -0.2) is 25.5 Å². The van der Waals surface area contributed by atoms with Crippen molar-refractivity contribution in [3.05, 3.63) is 24.3 Å². The Kier molecular flexibility index (Phi) is 6.67. The Bertz CT molecular complexity index is 405. The molecule has 0 heterocycles. The van der Waals surface area contributed by atoms with Crippen molar-refractivity contribution < 1.29 is 4.79 Å². The zero-order valence-corrected chi connectivity index (χ0v) is 12.1. The van der Waals surface area contributed by atoms with Crippen LogP contribution in [0.25, 0.3) is 0 Å². The van der Waals surface area contributed by atoms with E-state index in [1.54, 1.807) is 7.05 Å². The van der Waals surface area contributed by atoms with Crippen molar-refractivity contribution in [2.75, 3.05) is 24.2 Å². The highest BCUT2D eigenvalue weighted by Crippen LogP contribution is 2.23. The van der Waals surface area contributed by atoms with E-state index < -0.39 is 0 Å². The molecule has 106 valence electrons. The number of likely N-dealkylation sites (N-methyl/N-ethyl adjacent to an activating group) is 1. The van der Waals surface area contributed by atoms with Gasteiger partial charge in [0.05, 0.1) is 6.54 Å². The summed E-state index contributed by atoms with van der Waals surface area (Å²) in [6.45, 7) is 0.334. The van der Waals surface area contributed by atoms with Gasteiger partial charge >= 0.3 is 0 Å². The maximum absolute atomic E-state index is 11.5. The normalized spacial score (nSPS) is 14.8. The van der Waals surface area contributed by atoms with Gasteiger partial charge in [0, 0.05) is 17.4 Å². The highest BCUT2D eigenvalue weighted by Gasteiger charge is 2.14. The van der Waals surface area contributed by atoms with Gasteiger partial charge in [-0.2, -0.15) is 0 Å². The van der Waals surface area contributed by atoms with Crippen LogP contribution in [0.1, 0.15) is 25.7 Å². The number of hydrogen-bond acceptors (Lipinski definition) is 3. The molecule has 0 spiro atoms. The Labute approximate surface area is 120 Å². The molecule has 0 aromatic heterocycles. The van der Waals surface area contributed by atoms with Crippen LogP contribution in [0.2, 0.25) is 0 Å². The Morgan fingerprint density at radius 3 is 2.63 bits per heavy atom. The summed E-state index contributed by atoms with van der Waals surface area (Å²) in [6.07, 6.45) is 5.12. The first kappa shape index (κ1) is 15.8. The molecular weight excluding hydrogens is 262 g/mol. The summed E-state index contributed by atoms with van der Waals surface area (Å²) in [6, 6.07) is 8.51. The van der Waals surface area contributed by atoms with Gasteiger partial charge in [-0.05, 0) is 38.1 Å². The molecule has 0 saturated heterocycles. The summed E-state index contributed by atoms with van der Waals surface area (Å²) in [7, 11) is 1.76. The topological polar surface area (TPSA) is 53.2 Å². The number of hydrogen-bond donors (Lipinski definition) is 3. The lowest BCUT2D eigenvalue weighted by Crippen LogP contribution is -2.25. The number of carbonyl (C=O) groups is 1. The molecule has 3 N–H and O–H groups in total. The van der Waals surface area contributed by atoms with Crippen LogP contribution in [-0.2, 0) is 4.79 Å². The molecule has 1 amide bonds. The molecule has 1 saturated carbocycles. The zero-order chi connectivity index (χ0) is 12.8. The number of rotatable bonds is 5. The van der Waals surface area contributed by atoms with Crippen LogP contribution >= 0.6 is 12.4 Å². The SMILES string of the molecule is CNCC(=O)Nc1cccc(NC2CCCC2)c1.Cl. The van der Waals surface area contributed by atoms with Crippen molar-refractivity contribution in [1.29, 1.82) is 0 Å². The van der Waals surface area contributed by atoms with E-state index in [2.05, 4.69) is 16.0 Å². The third kappa shape index (κ3) is 5.09. The van der Waals surface area contributed by atoms with Crippen LogP contribution in [0.15, 0.2) is 24.3 Å². The van der Waals surface area contributed by atoms with Crippen LogP contribution < -0.4 is 16.0 Å². The fraction of sp³-hybridized carbons (Fsp3) is 0.500. The molecule has 19 heavy (non-hydrogen) atoms. The quantitative estimate of drug-likeness (QED) is 0.779. The molecule has 1 aliphatic carbocycles. The smallest absolute Gasteiger partial charge is 0.238 e. The summed E-state index contributed by atoms with van der Waals surface area (Å²) in [5.41, 5.74) is 1.93. The summed E-state index contributed by atoms with van der Waals surface area (Å²) in [5, 5.41) is 9.22. The molecule has 5 heteroatoms. The predicted octanol–water partition coefficient (Wildman–Crippen LogP) is 2.62. The van der Waals surface area contributed by atoms with Gasteiger partial charge < -0.3 is 16.0 Å². The number of amides is 1. The number of carbonyl (C=O) groups excluding carboxylic acids is 1. The average Bonchev–Trinajstić information content (AvgIpc) is 2.82. The van der Waals surface area contributed by atoms with Gasteiger partial charge in [-0.1, -0.05) is 18.9 Å². The molecule has 0 radical (unpaired) electrons. The zero-order valence-electron chi connectivity index (χ0n) is 11.2. The molecule has 1 fully saturated rings. The first-order valence-corrected chi connectivity index (χ1v) is 6.59. The monoisotopic (exact) mass is 283 g/mol. The van der Waals surface area contributed by atoms with Gasteiger partial charge in [-0.15, -0.1) is 12.4 Å². The van der Waals surface area contributed by atoms with E-state index in [9.17, 15) is 4.79 Å². The van der Waals surface area contributed by atoms with Crippen LogP contribution in [0.3, 0.4) is 0 Å². The number of nitrogens with one attached hydrogen (secondary N) is 3. The van der Waals surface area contributed by atoms with E-state index in [0.717, 1.165) is 11.4 Å². The molecule has 0 bridgehead atoms. The maximum Gasteiger partial charge on any atom is 0.238 e. The van der Waals surface area contributed by atoms with Crippen molar-refractivity contribution in [3.8, 4) is 0 Å². The van der Waals surface area contributed by atoms with E-state index in [1.165, 1.54) is 25.7 Å². The van der Waals surface area contributed by atoms with Gasteiger partial charge in [-0.25, -0.2) is 0 Å². The first-order chi connectivity index (χ1) is 8.78. The number of halogens is 1. The predicted molar refractivity (Wildman–Crippen MR) is 82.1 cm³/mol. The van der Waals surface area contributed by atoms with E-state index in [4.69, 9.17) is 0 Å². The van der Waals surface area contributed by atoms with Gasteiger partial charge in [0.25, 0.3) is 0 Å². The highest BCUT2D eigenvalue weighted by molar-refractivity contribution is 5.92. The van der Waals surface area contributed by atoms with Crippen LogP contribution in [0, 0.1) is 0 Å². The molecule has 4 nitrogen and oxygen atoms in total.